The van der Waals surface area contributed by atoms with E-state index >= 15 is 0 Å². The van der Waals surface area contributed by atoms with E-state index in [0.717, 1.165) is 66.5 Å². The number of nitrogens with two attached hydrogens (primary N) is 1. The fourth-order valence-electron chi connectivity index (χ4n) is 7.38. The Morgan fingerprint density at radius 1 is 0.370 bits per heavy atom. The van der Waals surface area contributed by atoms with Crippen LogP contribution in [0.4, 0.5) is 5.69 Å². The van der Waals surface area contributed by atoms with Gasteiger partial charge in [0, 0.05) is 49.4 Å². The van der Waals surface area contributed by atoms with Crippen molar-refractivity contribution in [3.63, 3.8) is 0 Å². The molecule has 0 atom stereocenters. The summed E-state index contributed by atoms with van der Waals surface area (Å²) in [6.45, 7) is 0. The summed E-state index contributed by atoms with van der Waals surface area (Å²) in [7, 11) is 0. The molecule has 0 unspecified atom stereocenters. The molecule has 10 aromatic rings. The Hall–Kier alpha value is -6.26. The Morgan fingerprint density at radius 2 is 0.913 bits per heavy atom. The molecule has 0 spiro atoms. The Morgan fingerprint density at radius 3 is 1.61 bits per heavy atom. The number of anilines is 1. The van der Waals surface area contributed by atoms with Crippen LogP contribution in [0.2, 0.25) is 0 Å². The number of furan rings is 1. The first-order chi connectivity index (χ1) is 22.7. The van der Waals surface area contributed by atoms with E-state index in [0.29, 0.717) is 0 Å². The predicted octanol–water partition coefficient (Wildman–Crippen LogP) is 11.0. The molecule has 0 saturated heterocycles. The topological polar surface area (TPSA) is 49.0 Å². The van der Waals surface area contributed by atoms with E-state index in [1.807, 2.05) is 6.07 Å². The van der Waals surface area contributed by atoms with Gasteiger partial charge in [0.15, 0.2) is 0 Å². The second-order valence-corrected chi connectivity index (χ2v) is 12.0. The first-order valence-corrected chi connectivity index (χ1v) is 15.6. The van der Waals surface area contributed by atoms with Gasteiger partial charge in [-0.05, 0) is 90.0 Å². The Bertz CT molecular complexity index is 2780. The molecular weight excluding hydrogens is 562 g/mol. The van der Waals surface area contributed by atoms with Crippen molar-refractivity contribution in [3.8, 4) is 22.5 Å². The number of fused-ring (bicyclic) bond motifs is 9. The minimum absolute atomic E-state index is 0.765. The van der Waals surface area contributed by atoms with Gasteiger partial charge in [-0.15, -0.1) is 0 Å². The highest BCUT2D eigenvalue weighted by Crippen LogP contribution is 2.38. The van der Waals surface area contributed by atoms with E-state index in [9.17, 15) is 0 Å². The third-order valence-electron chi connectivity index (χ3n) is 9.43. The molecule has 3 aromatic heterocycles. The summed E-state index contributed by atoms with van der Waals surface area (Å²) in [5, 5.41) is 7.05. The minimum Gasteiger partial charge on any atom is -0.456 e. The SMILES string of the molecule is Nc1ccc2c(c1)c1ccccc1n2-c1ccc2oc3ccc(-c4cccc(-n5c6ccccc6c6ccccc65)c4)cc3c2c1. The van der Waals surface area contributed by atoms with Gasteiger partial charge in [-0.25, -0.2) is 0 Å². The molecule has 4 heteroatoms. The van der Waals surface area contributed by atoms with Crippen molar-refractivity contribution < 1.29 is 4.42 Å². The molecular formula is C42H27N3O. The molecule has 46 heavy (non-hydrogen) atoms. The van der Waals surface area contributed by atoms with E-state index in [2.05, 4.69) is 155 Å². The number of hydrogen-bond donors (Lipinski definition) is 1. The van der Waals surface area contributed by atoms with Crippen molar-refractivity contribution in [2.75, 3.05) is 5.73 Å². The largest absolute Gasteiger partial charge is 0.456 e. The van der Waals surface area contributed by atoms with Gasteiger partial charge < -0.3 is 19.3 Å². The Balaban J connectivity index is 1.15. The molecule has 2 N–H and O–H groups in total. The molecule has 4 nitrogen and oxygen atoms in total. The zero-order valence-electron chi connectivity index (χ0n) is 24.8. The number of rotatable bonds is 3. The molecule has 0 aliphatic heterocycles. The maximum atomic E-state index is 6.36. The predicted molar refractivity (Wildman–Crippen MR) is 192 cm³/mol. The van der Waals surface area contributed by atoms with Crippen molar-refractivity contribution in [2.24, 2.45) is 0 Å². The second-order valence-electron chi connectivity index (χ2n) is 12.0. The van der Waals surface area contributed by atoms with Crippen LogP contribution in [0.3, 0.4) is 0 Å². The quantitative estimate of drug-likeness (QED) is 0.208. The van der Waals surface area contributed by atoms with Crippen LogP contribution in [0.15, 0.2) is 156 Å². The highest BCUT2D eigenvalue weighted by molar-refractivity contribution is 6.12. The number of aromatic nitrogens is 2. The highest BCUT2D eigenvalue weighted by Gasteiger charge is 2.16. The van der Waals surface area contributed by atoms with E-state index < -0.39 is 0 Å². The smallest absolute Gasteiger partial charge is 0.135 e. The minimum atomic E-state index is 0.765. The molecule has 216 valence electrons. The van der Waals surface area contributed by atoms with Crippen LogP contribution in [-0.2, 0) is 0 Å². The third-order valence-corrected chi connectivity index (χ3v) is 9.43. The molecule has 7 aromatic carbocycles. The maximum absolute atomic E-state index is 6.36. The van der Waals surface area contributed by atoms with Crippen molar-refractivity contribution >= 4 is 71.2 Å². The molecule has 0 aliphatic rings. The summed E-state index contributed by atoms with van der Waals surface area (Å²) < 4.78 is 11.0. The van der Waals surface area contributed by atoms with E-state index in [4.69, 9.17) is 10.2 Å². The Labute approximate surface area is 264 Å². The fourth-order valence-corrected chi connectivity index (χ4v) is 7.38. The molecule has 0 bridgehead atoms. The van der Waals surface area contributed by atoms with Crippen LogP contribution in [0.5, 0.6) is 0 Å². The lowest BCUT2D eigenvalue weighted by Gasteiger charge is -2.10. The van der Waals surface area contributed by atoms with Gasteiger partial charge >= 0.3 is 0 Å². The lowest BCUT2D eigenvalue weighted by molar-refractivity contribution is 0.669. The highest BCUT2D eigenvalue weighted by atomic mass is 16.3. The van der Waals surface area contributed by atoms with Gasteiger partial charge in [-0.1, -0.05) is 72.8 Å². The molecule has 3 heterocycles. The Kier molecular flexibility index (Phi) is 5.11. The van der Waals surface area contributed by atoms with Crippen LogP contribution in [0.1, 0.15) is 0 Å². The van der Waals surface area contributed by atoms with E-state index in [1.54, 1.807) is 0 Å². The zero-order valence-corrected chi connectivity index (χ0v) is 24.8. The summed E-state index contributed by atoms with van der Waals surface area (Å²) in [5.41, 5.74) is 18.0. The summed E-state index contributed by atoms with van der Waals surface area (Å²) in [4.78, 5) is 0. The van der Waals surface area contributed by atoms with Gasteiger partial charge in [-0.3, -0.25) is 0 Å². The molecule has 0 radical (unpaired) electrons. The fraction of sp³-hybridized carbons (Fsp3) is 0. The average Bonchev–Trinajstić information content (AvgIpc) is 3.75. The summed E-state index contributed by atoms with van der Waals surface area (Å²) >= 11 is 0. The normalized spacial score (nSPS) is 12.0. The number of nitrogens with zero attached hydrogens (tertiary/aromatic N) is 2. The van der Waals surface area contributed by atoms with Crippen LogP contribution < -0.4 is 5.73 Å². The van der Waals surface area contributed by atoms with Crippen molar-refractivity contribution in [1.82, 2.24) is 9.13 Å². The first kappa shape index (κ1) is 25.1. The van der Waals surface area contributed by atoms with Gasteiger partial charge in [0.25, 0.3) is 0 Å². The lowest BCUT2D eigenvalue weighted by atomic mass is 10.0. The number of hydrogen-bond acceptors (Lipinski definition) is 2. The summed E-state index contributed by atoms with van der Waals surface area (Å²) in [6, 6.07) is 53.8. The average molecular weight is 590 g/mol. The number of para-hydroxylation sites is 3. The molecule has 0 fully saturated rings. The van der Waals surface area contributed by atoms with Gasteiger partial charge in [0.2, 0.25) is 0 Å². The van der Waals surface area contributed by atoms with Crippen molar-refractivity contribution in [2.45, 2.75) is 0 Å². The first-order valence-electron chi connectivity index (χ1n) is 15.6. The van der Waals surface area contributed by atoms with Crippen LogP contribution in [0, 0.1) is 0 Å². The zero-order chi connectivity index (χ0) is 30.4. The maximum Gasteiger partial charge on any atom is 0.135 e. The van der Waals surface area contributed by atoms with Crippen molar-refractivity contribution in [1.29, 1.82) is 0 Å². The lowest BCUT2D eigenvalue weighted by Crippen LogP contribution is -1.94. The molecule has 0 aliphatic carbocycles. The third kappa shape index (κ3) is 3.55. The van der Waals surface area contributed by atoms with Gasteiger partial charge in [0.1, 0.15) is 11.2 Å². The van der Waals surface area contributed by atoms with Crippen molar-refractivity contribution in [3.05, 3.63) is 152 Å². The van der Waals surface area contributed by atoms with Crippen LogP contribution >= 0.6 is 0 Å². The standard InChI is InChI=1S/C42H27N3O/c43-28-17-19-40-34(24-28)33-12-3-6-15-39(33)45(40)30-18-21-42-36(25-30)35-23-27(16-20-41(35)46-42)26-8-7-9-29(22-26)44-37-13-4-1-10-31(37)32-11-2-5-14-38(32)44/h1-25H,43H2. The van der Waals surface area contributed by atoms with Gasteiger partial charge in [0.05, 0.1) is 22.1 Å². The number of benzene rings is 7. The van der Waals surface area contributed by atoms with Crippen LogP contribution in [-0.4, -0.2) is 9.13 Å². The molecule has 10 rings (SSSR count). The number of nitrogen functional groups attached to an aromatic ring is 1. The van der Waals surface area contributed by atoms with E-state index in [1.165, 1.54) is 27.2 Å². The molecule has 0 amide bonds. The summed E-state index contributed by atoms with van der Waals surface area (Å²) in [5.74, 6) is 0. The van der Waals surface area contributed by atoms with E-state index in [-0.39, 0.29) is 0 Å². The van der Waals surface area contributed by atoms with Gasteiger partial charge in [-0.2, -0.15) is 0 Å². The molecule has 0 saturated carbocycles. The van der Waals surface area contributed by atoms with Crippen LogP contribution in [0.25, 0.3) is 88.1 Å². The monoisotopic (exact) mass is 589 g/mol. The second kappa shape index (κ2) is 9.37. The summed E-state index contributed by atoms with van der Waals surface area (Å²) in [6.07, 6.45) is 0.